The van der Waals surface area contributed by atoms with Gasteiger partial charge in [0.2, 0.25) is 5.95 Å². The summed E-state index contributed by atoms with van der Waals surface area (Å²) in [5, 5.41) is 17.1. The molecular weight excluding hydrogens is 260 g/mol. The minimum absolute atomic E-state index is 0.149. The normalized spacial score (nSPS) is 17.2. The van der Waals surface area contributed by atoms with E-state index in [9.17, 15) is 5.11 Å². The molecule has 3 rings (SSSR count). The average molecular weight is 278 g/mol. The molecule has 0 aromatic carbocycles. The Hall–Kier alpha value is -1.40. The SMILES string of the molecule is CNc1nc(NC2(CO)CCC2)c2cc(C)sc2n1. The Bertz CT molecular complexity index is 600. The summed E-state index contributed by atoms with van der Waals surface area (Å²) in [4.78, 5) is 11.2. The lowest BCUT2D eigenvalue weighted by atomic mass is 9.77. The topological polar surface area (TPSA) is 70.1 Å². The van der Waals surface area contributed by atoms with Gasteiger partial charge in [-0.1, -0.05) is 0 Å². The van der Waals surface area contributed by atoms with E-state index in [4.69, 9.17) is 0 Å². The number of aryl methyl sites for hydroxylation is 1. The fourth-order valence-corrected chi connectivity index (χ4v) is 3.31. The summed E-state index contributed by atoms with van der Waals surface area (Å²) in [6.45, 7) is 2.22. The second-order valence-electron chi connectivity index (χ2n) is 5.14. The maximum atomic E-state index is 9.58. The molecule has 6 heteroatoms. The molecule has 5 nitrogen and oxygen atoms in total. The number of hydrogen-bond donors (Lipinski definition) is 3. The summed E-state index contributed by atoms with van der Waals surface area (Å²) in [7, 11) is 1.82. The molecule has 1 saturated carbocycles. The van der Waals surface area contributed by atoms with Crippen molar-refractivity contribution < 1.29 is 5.11 Å². The summed E-state index contributed by atoms with van der Waals surface area (Å²) in [6, 6.07) is 2.10. The lowest BCUT2D eigenvalue weighted by Gasteiger charge is -2.41. The zero-order chi connectivity index (χ0) is 13.5. The van der Waals surface area contributed by atoms with Gasteiger partial charge in [0.25, 0.3) is 0 Å². The lowest BCUT2D eigenvalue weighted by Crippen LogP contribution is -2.48. The highest BCUT2D eigenvalue weighted by Crippen LogP contribution is 2.37. The van der Waals surface area contributed by atoms with Gasteiger partial charge in [-0.25, -0.2) is 4.98 Å². The van der Waals surface area contributed by atoms with E-state index in [1.807, 2.05) is 7.05 Å². The van der Waals surface area contributed by atoms with E-state index in [0.29, 0.717) is 5.95 Å². The number of fused-ring (bicyclic) bond motifs is 1. The van der Waals surface area contributed by atoms with E-state index in [-0.39, 0.29) is 12.1 Å². The number of anilines is 2. The van der Waals surface area contributed by atoms with Crippen molar-refractivity contribution >= 4 is 33.3 Å². The number of hydrogen-bond acceptors (Lipinski definition) is 6. The van der Waals surface area contributed by atoms with Gasteiger partial charge in [0, 0.05) is 11.9 Å². The van der Waals surface area contributed by atoms with Crippen molar-refractivity contribution in [2.45, 2.75) is 31.7 Å². The number of thiophene rings is 1. The van der Waals surface area contributed by atoms with E-state index in [1.165, 1.54) is 4.88 Å². The zero-order valence-electron chi connectivity index (χ0n) is 11.2. The molecule has 0 saturated heterocycles. The van der Waals surface area contributed by atoms with Crippen LogP contribution in [0.15, 0.2) is 6.07 Å². The van der Waals surface area contributed by atoms with Crippen LogP contribution in [-0.4, -0.2) is 34.3 Å². The summed E-state index contributed by atoms with van der Waals surface area (Å²) < 4.78 is 0. The van der Waals surface area contributed by atoms with Crippen molar-refractivity contribution in [2.24, 2.45) is 0 Å². The van der Waals surface area contributed by atoms with Crippen LogP contribution < -0.4 is 10.6 Å². The van der Waals surface area contributed by atoms with Crippen LogP contribution in [0.25, 0.3) is 10.2 Å². The number of nitrogens with zero attached hydrogens (tertiary/aromatic N) is 2. The molecule has 0 unspecified atom stereocenters. The maximum Gasteiger partial charge on any atom is 0.225 e. The van der Waals surface area contributed by atoms with E-state index in [1.54, 1.807) is 11.3 Å². The van der Waals surface area contributed by atoms with Gasteiger partial charge in [-0.2, -0.15) is 4.98 Å². The predicted molar refractivity (Wildman–Crippen MR) is 79.0 cm³/mol. The molecule has 19 heavy (non-hydrogen) atoms. The molecule has 0 aliphatic heterocycles. The van der Waals surface area contributed by atoms with Crippen LogP contribution in [-0.2, 0) is 0 Å². The molecule has 102 valence electrons. The van der Waals surface area contributed by atoms with Gasteiger partial charge in [0.15, 0.2) is 0 Å². The van der Waals surface area contributed by atoms with Crippen molar-refractivity contribution in [3.8, 4) is 0 Å². The van der Waals surface area contributed by atoms with Crippen LogP contribution in [0.4, 0.5) is 11.8 Å². The number of rotatable bonds is 4. The molecule has 0 radical (unpaired) electrons. The van der Waals surface area contributed by atoms with Crippen LogP contribution in [0.3, 0.4) is 0 Å². The third-order valence-electron chi connectivity index (χ3n) is 3.74. The van der Waals surface area contributed by atoms with Gasteiger partial charge < -0.3 is 15.7 Å². The highest BCUT2D eigenvalue weighted by molar-refractivity contribution is 7.18. The third kappa shape index (κ3) is 2.15. The van der Waals surface area contributed by atoms with Crippen molar-refractivity contribution in [3.63, 3.8) is 0 Å². The summed E-state index contributed by atoms with van der Waals surface area (Å²) >= 11 is 1.66. The number of aromatic nitrogens is 2. The summed E-state index contributed by atoms with van der Waals surface area (Å²) in [5.41, 5.74) is -0.192. The Balaban J connectivity index is 2.05. The number of aliphatic hydroxyl groups is 1. The van der Waals surface area contributed by atoms with E-state index in [2.05, 4.69) is 33.6 Å². The van der Waals surface area contributed by atoms with Gasteiger partial charge >= 0.3 is 0 Å². The van der Waals surface area contributed by atoms with Gasteiger partial charge in [-0.15, -0.1) is 11.3 Å². The van der Waals surface area contributed by atoms with Crippen molar-refractivity contribution in [1.29, 1.82) is 0 Å². The van der Waals surface area contributed by atoms with Crippen LogP contribution in [0, 0.1) is 6.92 Å². The lowest BCUT2D eigenvalue weighted by molar-refractivity contribution is 0.144. The quantitative estimate of drug-likeness (QED) is 0.801. The van der Waals surface area contributed by atoms with Crippen molar-refractivity contribution in [3.05, 3.63) is 10.9 Å². The smallest absolute Gasteiger partial charge is 0.225 e. The Labute approximate surface area is 116 Å². The second kappa shape index (κ2) is 4.61. The van der Waals surface area contributed by atoms with Gasteiger partial charge in [-0.3, -0.25) is 0 Å². The van der Waals surface area contributed by atoms with Gasteiger partial charge in [-0.05, 0) is 32.3 Å². The molecule has 0 spiro atoms. The molecule has 0 bridgehead atoms. The minimum atomic E-state index is -0.192. The Kier molecular flexibility index (Phi) is 3.06. The van der Waals surface area contributed by atoms with Gasteiger partial charge in [0.05, 0.1) is 17.5 Å². The van der Waals surface area contributed by atoms with E-state index >= 15 is 0 Å². The molecule has 2 aromatic rings. The average Bonchev–Trinajstić information content (AvgIpc) is 2.73. The zero-order valence-corrected chi connectivity index (χ0v) is 12.0. The number of nitrogens with one attached hydrogen (secondary N) is 2. The van der Waals surface area contributed by atoms with Gasteiger partial charge in [0.1, 0.15) is 10.6 Å². The molecule has 1 fully saturated rings. The van der Waals surface area contributed by atoms with E-state index < -0.39 is 0 Å². The molecule has 3 N–H and O–H groups in total. The predicted octanol–water partition coefficient (Wildman–Crippen LogP) is 2.37. The first-order valence-electron chi connectivity index (χ1n) is 6.51. The Morgan fingerprint density at radius 1 is 1.42 bits per heavy atom. The first-order chi connectivity index (χ1) is 9.15. The Morgan fingerprint density at radius 3 is 2.79 bits per heavy atom. The summed E-state index contributed by atoms with van der Waals surface area (Å²) in [6.07, 6.45) is 3.14. The molecule has 0 atom stereocenters. The highest BCUT2D eigenvalue weighted by Gasteiger charge is 2.37. The van der Waals surface area contributed by atoms with Crippen LogP contribution >= 0.6 is 11.3 Å². The first-order valence-corrected chi connectivity index (χ1v) is 7.32. The second-order valence-corrected chi connectivity index (χ2v) is 6.37. The third-order valence-corrected chi connectivity index (χ3v) is 4.68. The molecule has 2 heterocycles. The summed E-state index contributed by atoms with van der Waals surface area (Å²) in [5.74, 6) is 1.44. The first kappa shape index (κ1) is 12.6. The molecule has 1 aliphatic carbocycles. The largest absolute Gasteiger partial charge is 0.394 e. The highest BCUT2D eigenvalue weighted by atomic mass is 32.1. The maximum absolute atomic E-state index is 9.58. The molecule has 2 aromatic heterocycles. The standard InChI is InChI=1S/C13H18N4OS/c1-8-6-9-10(17-13(7-18)4-3-5-13)15-12(14-2)16-11(9)19-8/h6,18H,3-5,7H2,1-2H3,(H2,14,15,16,17). The Morgan fingerprint density at radius 2 is 2.21 bits per heavy atom. The van der Waals surface area contributed by atoms with Crippen LogP contribution in [0.5, 0.6) is 0 Å². The van der Waals surface area contributed by atoms with Crippen LogP contribution in [0.1, 0.15) is 24.1 Å². The van der Waals surface area contributed by atoms with Crippen molar-refractivity contribution in [2.75, 3.05) is 24.3 Å². The van der Waals surface area contributed by atoms with Crippen LogP contribution in [0.2, 0.25) is 0 Å². The molecular formula is C13H18N4OS. The minimum Gasteiger partial charge on any atom is -0.394 e. The number of aliphatic hydroxyl groups excluding tert-OH is 1. The van der Waals surface area contributed by atoms with E-state index in [0.717, 1.165) is 35.3 Å². The molecule has 1 aliphatic rings. The molecule has 0 amide bonds. The fourth-order valence-electron chi connectivity index (χ4n) is 2.43. The monoisotopic (exact) mass is 278 g/mol. The fraction of sp³-hybridized carbons (Fsp3) is 0.538. The van der Waals surface area contributed by atoms with Crippen molar-refractivity contribution in [1.82, 2.24) is 9.97 Å².